The summed E-state index contributed by atoms with van der Waals surface area (Å²) in [5, 5.41) is 0. The third-order valence-electron chi connectivity index (χ3n) is 3.03. The van der Waals surface area contributed by atoms with Crippen LogP contribution in [0.5, 0.6) is 23.0 Å². The van der Waals surface area contributed by atoms with Crippen LogP contribution in [0.15, 0.2) is 35.2 Å². The van der Waals surface area contributed by atoms with Crippen molar-refractivity contribution in [1.29, 1.82) is 0 Å². The molecule has 0 aliphatic carbocycles. The van der Waals surface area contributed by atoms with Crippen molar-refractivity contribution in [3.63, 3.8) is 0 Å². The number of hydrogen-bond donors (Lipinski definition) is 1. The van der Waals surface area contributed by atoms with Gasteiger partial charge in [0.15, 0.2) is 0 Å². The van der Waals surface area contributed by atoms with E-state index in [1.165, 1.54) is 0 Å². The Balaban J connectivity index is 2.56. The minimum atomic E-state index is -0.847. The molecule has 0 saturated carbocycles. The van der Waals surface area contributed by atoms with E-state index >= 15 is 0 Å². The molecule has 0 bridgehead atoms. The summed E-state index contributed by atoms with van der Waals surface area (Å²) in [6, 6.07) is 9.59. The number of thiol groups is 1. The zero-order valence-electron chi connectivity index (χ0n) is 12.9. The molecule has 2 aromatic rings. The van der Waals surface area contributed by atoms with Gasteiger partial charge in [-0.3, -0.25) is 0 Å². The monoisotopic (exact) mass is 436 g/mol. The Hall–Kier alpha value is -1.22. The van der Waals surface area contributed by atoms with Crippen molar-refractivity contribution in [3.05, 3.63) is 30.3 Å². The van der Waals surface area contributed by atoms with Crippen molar-refractivity contribution in [3.8, 4) is 23.0 Å². The number of rotatable bonds is 6. The fraction of sp³-hybridized carbons (Fsp3) is 0.250. The summed E-state index contributed by atoms with van der Waals surface area (Å²) in [5.74, 6) is 3.20. The number of hydrogen-bond acceptors (Lipinski definition) is 5. The molecule has 0 amide bonds. The molecule has 0 fully saturated rings. The van der Waals surface area contributed by atoms with Crippen LogP contribution in [0.2, 0.25) is 0 Å². The van der Waals surface area contributed by atoms with Gasteiger partial charge >= 0.3 is 146 Å². The van der Waals surface area contributed by atoms with Gasteiger partial charge in [0, 0.05) is 0 Å². The van der Waals surface area contributed by atoms with Crippen LogP contribution >= 0.6 is 12.6 Å². The van der Waals surface area contributed by atoms with Crippen LogP contribution in [0.25, 0.3) is 0 Å². The molecule has 0 aliphatic rings. The second kappa shape index (κ2) is 7.87. The van der Waals surface area contributed by atoms with E-state index in [9.17, 15) is 0 Å². The first-order valence-electron chi connectivity index (χ1n) is 6.48. The van der Waals surface area contributed by atoms with Gasteiger partial charge in [-0.15, -0.1) is 0 Å². The predicted octanol–water partition coefficient (Wildman–Crippen LogP) is 1.66. The predicted molar refractivity (Wildman–Crippen MR) is 91.4 cm³/mol. The van der Waals surface area contributed by atoms with Gasteiger partial charge in [-0.05, 0) is 0 Å². The molecule has 118 valence electrons. The van der Waals surface area contributed by atoms with Crippen LogP contribution in [0, 0.1) is 0 Å². The number of benzene rings is 2. The van der Waals surface area contributed by atoms with Crippen molar-refractivity contribution >= 4 is 40.8 Å². The normalized spacial score (nSPS) is 10.2. The summed E-state index contributed by atoms with van der Waals surface area (Å²) < 4.78 is 24.1. The van der Waals surface area contributed by atoms with Crippen LogP contribution in [-0.2, 0) is 0 Å². The van der Waals surface area contributed by atoms with Crippen molar-refractivity contribution in [1.82, 2.24) is 0 Å². The fourth-order valence-corrected chi connectivity index (χ4v) is 5.63. The van der Waals surface area contributed by atoms with E-state index in [0.717, 1.165) is 35.1 Å². The summed E-state index contributed by atoms with van der Waals surface area (Å²) in [7, 11) is 6.63. The van der Waals surface area contributed by atoms with Gasteiger partial charge in [0.05, 0.1) is 0 Å². The van der Waals surface area contributed by atoms with E-state index in [1.54, 1.807) is 28.4 Å². The van der Waals surface area contributed by atoms with Crippen molar-refractivity contribution in [2.45, 2.75) is 4.90 Å². The minimum absolute atomic E-state index is 0.778. The molecule has 4 nitrogen and oxygen atoms in total. The first-order valence-corrected chi connectivity index (χ1v) is 9.26. The summed E-state index contributed by atoms with van der Waals surface area (Å²) in [4.78, 5) is 0.803. The Bertz CT molecular complexity index is 613. The third-order valence-corrected chi connectivity index (χ3v) is 6.75. The first-order chi connectivity index (χ1) is 10.6. The van der Waals surface area contributed by atoms with Gasteiger partial charge in [-0.2, -0.15) is 0 Å². The molecule has 0 atom stereocenters. The standard InChI is InChI=1S/C16H18O4STe/c1-17-11-6-5-7-12(18-2)15(11)22-16-13(19-3)8-10(21)9-14(16)20-4/h5-9,21H,1-4H3. The topological polar surface area (TPSA) is 36.9 Å². The van der Waals surface area contributed by atoms with Crippen LogP contribution in [0.3, 0.4) is 0 Å². The van der Waals surface area contributed by atoms with Crippen molar-refractivity contribution in [2.75, 3.05) is 28.4 Å². The summed E-state index contributed by atoms with van der Waals surface area (Å²) in [6.45, 7) is 0. The van der Waals surface area contributed by atoms with Crippen molar-refractivity contribution < 1.29 is 18.9 Å². The van der Waals surface area contributed by atoms with Crippen LogP contribution in [0.4, 0.5) is 0 Å². The summed E-state index contributed by atoms with van der Waals surface area (Å²) in [6.07, 6.45) is 0. The van der Waals surface area contributed by atoms with Gasteiger partial charge in [0.1, 0.15) is 0 Å². The van der Waals surface area contributed by atoms with Gasteiger partial charge in [0.25, 0.3) is 0 Å². The zero-order valence-corrected chi connectivity index (χ0v) is 16.1. The average molecular weight is 434 g/mol. The molecule has 0 radical (unpaired) electrons. The SMILES string of the molecule is COc1cccc(OC)c1[Te]c1c(OC)cc(S)cc1OC. The molecule has 0 aromatic heterocycles. The number of methoxy groups -OCH3 is 4. The summed E-state index contributed by atoms with van der Waals surface area (Å²) >= 11 is 3.54. The molecule has 0 aliphatic heterocycles. The molecule has 2 rings (SSSR count). The Morgan fingerprint density at radius 2 is 1.14 bits per heavy atom. The molecule has 0 N–H and O–H groups in total. The molecular formula is C16H18O4STe. The second-order valence-electron chi connectivity index (χ2n) is 4.27. The Labute approximate surface area is 146 Å². The number of ether oxygens (including phenoxy) is 4. The maximum absolute atomic E-state index is 5.51. The quantitative estimate of drug-likeness (QED) is 0.555. The molecule has 0 saturated heterocycles. The Morgan fingerprint density at radius 3 is 1.55 bits per heavy atom. The molecule has 22 heavy (non-hydrogen) atoms. The molecule has 0 spiro atoms. The molecule has 0 unspecified atom stereocenters. The zero-order chi connectivity index (χ0) is 16.1. The molecule has 2 aromatic carbocycles. The van der Waals surface area contributed by atoms with E-state index in [0.29, 0.717) is 0 Å². The Morgan fingerprint density at radius 1 is 0.727 bits per heavy atom. The first kappa shape index (κ1) is 17.1. The molecule has 6 heteroatoms. The van der Waals surface area contributed by atoms with Crippen LogP contribution in [-0.4, -0.2) is 49.4 Å². The van der Waals surface area contributed by atoms with Gasteiger partial charge in [-0.25, -0.2) is 0 Å². The van der Waals surface area contributed by atoms with E-state index in [-0.39, 0.29) is 0 Å². The van der Waals surface area contributed by atoms with Crippen LogP contribution < -0.4 is 26.2 Å². The Kier molecular flexibility index (Phi) is 6.13. The molecule has 0 heterocycles. The molecular weight excluding hydrogens is 416 g/mol. The van der Waals surface area contributed by atoms with Gasteiger partial charge < -0.3 is 0 Å². The van der Waals surface area contributed by atoms with E-state index < -0.39 is 20.9 Å². The van der Waals surface area contributed by atoms with Gasteiger partial charge in [-0.1, -0.05) is 0 Å². The third kappa shape index (κ3) is 3.57. The van der Waals surface area contributed by atoms with E-state index in [4.69, 9.17) is 18.9 Å². The van der Waals surface area contributed by atoms with Crippen LogP contribution in [0.1, 0.15) is 0 Å². The van der Waals surface area contributed by atoms with Gasteiger partial charge in [0.2, 0.25) is 0 Å². The summed E-state index contributed by atoms with van der Waals surface area (Å²) in [5.41, 5.74) is 0. The van der Waals surface area contributed by atoms with E-state index in [1.807, 2.05) is 30.3 Å². The second-order valence-corrected chi connectivity index (χ2v) is 7.70. The van der Waals surface area contributed by atoms with Crippen molar-refractivity contribution in [2.24, 2.45) is 0 Å². The fourth-order valence-electron chi connectivity index (χ4n) is 1.99. The average Bonchev–Trinajstić information content (AvgIpc) is 2.55. The maximum atomic E-state index is 5.51. The van der Waals surface area contributed by atoms with E-state index in [2.05, 4.69) is 12.6 Å².